The van der Waals surface area contributed by atoms with Crippen LogP contribution < -0.4 is 25.7 Å². The van der Waals surface area contributed by atoms with E-state index in [1.165, 1.54) is 26.3 Å². The highest BCUT2D eigenvalue weighted by atomic mass is 32.2. The topological polar surface area (TPSA) is 84.5 Å². The number of alkyl halides is 3. The summed E-state index contributed by atoms with van der Waals surface area (Å²) in [4.78, 5) is 39.8. The van der Waals surface area contributed by atoms with Crippen molar-refractivity contribution in [2.45, 2.75) is 19.0 Å². The molecular formula is C24H19F4N3O5S. The van der Waals surface area contributed by atoms with Crippen LogP contribution in [0.5, 0.6) is 11.5 Å². The van der Waals surface area contributed by atoms with Gasteiger partial charge in [0.2, 0.25) is 0 Å². The van der Waals surface area contributed by atoms with Gasteiger partial charge in [0.25, 0.3) is 11.1 Å². The Labute approximate surface area is 210 Å². The van der Waals surface area contributed by atoms with E-state index in [1.807, 2.05) is 0 Å². The summed E-state index contributed by atoms with van der Waals surface area (Å²) in [6.07, 6.45) is 0. The first-order valence-corrected chi connectivity index (χ1v) is 11.4. The van der Waals surface area contributed by atoms with Gasteiger partial charge in [-0.25, -0.2) is 13.8 Å². The summed E-state index contributed by atoms with van der Waals surface area (Å²) in [6, 6.07) is 11.0. The van der Waals surface area contributed by atoms with Gasteiger partial charge in [0.15, 0.2) is 17.8 Å². The van der Waals surface area contributed by atoms with Gasteiger partial charge in [-0.2, -0.15) is 13.2 Å². The number of halogens is 4. The molecule has 37 heavy (non-hydrogen) atoms. The maximum Gasteiger partial charge on any atom is 0.479 e. The Morgan fingerprint density at radius 3 is 2.27 bits per heavy atom. The smallest absolute Gasteiger partial charge is 0.479 e. The zero-order chi connectivity index (χ0) is 27.1. The molecule has 0 unspecified atom stereocenters. The van der Waals surface area contributed by atoms with Crippen molar-refractivity contribution in [1.82, 2.24) is 13.7 Å². The summed E-state index contributed by atoms with van der Waals surface area (Å²) in [7, 11) is 2.67. The van der Waals surface area contributed by atoms with E-state index in [-0.39, 0.29) is 12.2 Å². The molecule has 0 saturated heterocycles. The van der Waals surface area contributed by atoms with Crippen molar-refractivity contribution in [3.8, 4) is 17.2 Å². The van der Waals surface area contributed by atoms with Crippen LogP contribution in [0.1, 0.15) is 11.1 Å². The lowest BCUT2D eigenvalue weighted by Crippen LogP contribution is -2.42. The summed E-state index contributed by atoms with van der Waals surface area (Å²) in [5.41, 5.74) is -7.48. The van der Waals surface area contributed by atoms with Crippen molar-refractivity contribution in [3.63, 3.8) is 0 Å². The van der Waals surface area contributed by atoms with E-state index in [9.17, 15) is 27.6 Å². The van der Waals surface area contributed by atoms with Gasteiger partial charge in [-0.15, -0.1) is 0 Å². The lowest BCUT2D eigenvalue weighted by Gasteiger charge is -2.19. The fraction of sp³-hybridized carbons (Fsp3) is 0.208. The van der Waals surface area contributed by atoms with Gasteiger partial charge in [-0.3, -0.25) is 18.7 Å². The fourth-order valence-electron chi connectivity index (χ4n) is 3.78. The maximum absolute atomic E-state index is 15.1. The molecule has 0 aliphatic heterocycles. The van der Waals surface area contributed by atoms with E-state index in [1.54, 1.807) is 31.2 Å². The summed E-state index contributed by atoms with van der Waals surface area (Å²) >= 11 is -0.922. The van der Waals surface area contributed by atoms with Crippen LogP contribution in [0.25, 0.3) is 16.7 Å². The molecule has 0 spiro atoms. The number of fused-ring (bicyclic) bond motifs is 1. The first kappa shape index (κ1) is 26.1. The lowest BCUT2D eigenvalue weighted by molar-refractivity contribution is -0.0369. The zero-order valence-electron chi connectivity index (χ0n) is 19.6. The molecule has 0 aliphatic carbocycles. The van der Waals surface area contributed by atoms with E-state index >= 15 is 4.39 Å². The van der Waals surface area contributed by atoms with E-state index in [0.717, 1.165) is 19.8 Å². The molecule has 0 saturated carbocycles. The second-order valence-corrected chi connectivity index (χ2v) is 8.83. The summed E-state index contributed by atoms with van der Waals surface area (Å²) in [5, 5.41) is -0.507. The van der Waals surface area contributed by atoms with E-state index in [0.29, 0.717) is 22.9 Å². The highest BCUT2D eigenvalue weighted by molar-refractivity contribution is 7.95. The second-order valence-electron chi connectivity index (χ2n) is 8.03. The number of benzene rings is 2. The minimum Gasteiger partial charge on any atom is -0.497 e. The van der Waals surface area contributed by atoms with E-state index in [2.05, 4.69) is 0 Å². The van der Waals surface area contributed by atoms with Crippen LogP contribution in [-0.4, -0.2) is 26.3 Å². The summed E-state index contributed by atoms with van der Waals surface area (Å²) in [5.74, 6) is -1.04. The number of nitrogens with zero attached hydrogens (tertiary/aromatic N) is 3. The number of methoxy groups -OCH3 is 1. The van der Waals surface area contributed by atoms with Gasteiger partial charge >= 0.3 is 11.2 Å². The second kappa shape index (κ2) is 9.81. The van der Waals surface area contributed by atoms with Gasteiger partial charge in [-0.1, -0.05) is 18.2 Å². The Morgan fingerprint density at radius 1 is 1.00 bits per heavy atom. The monoisotopic (exact) mass is 537 g/mol. The Hall–Kier alpha value is -4.00. The predicted molar refractivity (Wildman–Crippen MR) is 130 cm³/mol. The molecule has 0 bridgehead atoms. The van der Waals surface area contributed by atoms with Gasteiger partial charge in [0.1, 0.15) is 22.6 Å². The number of aryl methyl sites for hydroxylation is 2. The van der Waals surface area contributed by atoms with Gasteiger partial charge in [0.05, 0.1) is 19.3 Å². The normalized spacial score (nSPS) is 11.6. The summed E-state index contributed by atoms with van der Waals surface area (Å²) < 4.78 is 66.1. The lowest BCUT2D eigenvalue weighted by atomic mass is 10.2. The highest BCUT2D eigenvalue weighted by Crippen LogP contribution is 2.34. The third-order valence-electron chi connectivity index (χ3n) is 5.54. The minimum atomic E-state index is -4.85. The van der Waals surface area contributed by atoms with Crippen molar-refractivity contribution >= 4 is 23.1 Å². The first-order valence-electron chi connectivity index (χ1n) is 10.6. The molecule has 0 radical (unpaired) electrons. The third kappa shape index (κ3) is 5.12. The maximum atomic E-state index is 15.1. The summed E-state index contributed by atoms with van der Waals surface area (Å²) in [6.45, 7) is 1.31. The van der Waals surface area contributed by atoms with Crippen LogP contribution in [0.3, 0.4) is 0 Å². The number of hydrogen-bond acceptors (Lipinski definition) is 6. The number of aromatic nitrogens is 3. The molecule has 0 fully saturated rings. The van der Waals surface area contributed by atoms with Crippen LogP contribution in [0.15, 0.2) is 62.9 Å². The molecule has 13 heteroatoms. The molecule has 0 atom stereocenters. The first-order chi connectivity index (χ1) is 17.4. The van der Waals surface area contributed by atoms with Crippen LogP contribution >= 0.6 is 12.0 Å². The van der Waals surface area contributed by atoms with Crippen LogP contribution in [-0.2, 0) is 13.6 Å². The zero-order valence-corrected chi connectivity index (χ0v) is 20.4. The standard InChI is InChI=1S/C24H19F4N3O5S/c1-13-4-9-17(16(25)10-13)31-21-20(18(11-19(32)29(21)2)36-37-24(26,27)28)22(33)30(23(31)34)12-14-5-7-15(35-3)8-6-14/h4-11H,12H2,1-3H3. The molecule has 0 amide bonds. The van der Waals surface area contributed by atoms with Crippen LogP contribution in [0.2, 0.25) is 0 Å². The molecule has 0 N–H and O–H groups in total. The number of rotatable bonds is 6. The Balaban J connectivity index is 2.10. The molecule has 8 nitrogen and oxygen atoms in total. The largest absolute Gasteiger partial charge is 0.497 e. The Bertz CT molecular complexity index is 1670. The molecule has 2 aromatic heterocycles. The highest BCUT2D eigenvalue weighted by Gasteiger charge is 2.33. The van der Waals surface area contributed by atoms with E-state index < -0.39 is 57.0 Å². The number of ether oxygens (including phenoxy) is 1. The van der Waals surface area contributed by atoms with Crippen LogP contribution in [0.4, 0.5) is 17.6 Å². The molecule has 4 rings (SSSR count). The molecular weight excluding hydrogens is 518 g/mol. The van der Waals surface area contributed by atoms with Gasteiger partial charge < -0.3 is 8.92 Å². The molecule has 194 valence electrons. The average molecular weight is 537 g/mol. The van der Waals surface area contributed by atoms with Crippen molar-refractivity contribution in [3.05, 3.63) is 96.7 Å². The minimum absolute atomic E-state index is 0.306. The molecule has 0 aliphatic rings. The molecule has 4 aromatic rings. The predicted octanol–water partition coefficient (Wildman–Crippen LogP) is 3.90. The van der Waals surface area contributed by atoms with Crippen molar-refractivity contribution in [2.75, 3.05) is 7.11 Å². The SMILES string of the molecule is COc1ccc(Cn2c(=O)c3c(OSC(F)(F)F)cc(=O)n(C)c3n(-c3ccc(C)cc3F)c2=O)cc1. The quantitative estimate of drug-likeness (QED) is 0.274. The van der Waals surface area contributed by atoms with Gasteiger partial charge in [0, 0.05) is 13.1 Å². The number of pyridine rings is 1. The van der Waals surface area contributed by atoms with Crippen molar-refractivity contribution < 1.29 is 26.5 Å². The average Bonchev–Trinajstić information content (AvgIpc) is 2.84. The van der Waals surface area contributed by atoms with Gasteiger partial charge in [-0.05, 0) is 42.3 Å². The van der Waals surface area contributed by atoms with Crippen LogP contribution in [0, 0.1) is 12.7 Å². The Kier molecular flexibility index (Phi) is 6.91. The van der Waals surface area contributed by atoms with Crippen molar-refractivity contribution in [2.24, 2.45) is 7.05 Å². The molecule has 2 heterocycles. The molecule has 2 aromatic carbocycles. The fourth-order valence-corrected chi connectivity index (χ4v) is 4.10. The Morgan fingerprint density at radius 2 is 1.68 bits per heavy atom. The van der Waals surface area contributed by atoms with Crippen molar-refractivity contribution in [1.29, 1.82) is 0 Å². The third-order valence-corrected chi connectivity index (χ3v) is 5.99. The number of hydrogen-bond donors (Lipinski definition) is 0. The van der Waals surface area contributed by atoms with E-state index in [4.69, 9.17) is 8.92 Å².